The minimum Gasteiger partial charge on any atom is -0.484 e. The highest BCUT2D eigenvalue weighted by molar-refractivity contribution is 7.91. The maximum atomic E-state index is 12.8. The zero-order chi connectivity index (χ0) is 20.5. The number of ether oxygens (including phenoxy) is 1. The largest absolute Gasteiger partial charge is 0.484 e. The Balaban J connectivity index is 1.73. The van der Waals surface area contributed by atoms with E-state index in [9.17, 15) is 18.0 Å². The summed E-state index contributed by atoms with van der Waals surface area (Å²) in [6, 6.07) is 6.20. The van der Waals surface area contributed by atoms with Gasteiger partial charge in [0, 0.05) is 30.1 Å². The van der Waals surface area contributed by atoms with Crippen LogP contribution < -0.4 is 10.4 Å². The Morgan fingerprint density at radius 3 is 2.71 bits per heavy atom. The number of rotatable bonds is 6. The van der Waals surface area contributed by atoms with Gasteiger partial charge < -0.3 is 14.1 Å². The number of hydrogen-bond acceptors (Lipinski definition) is 6. The molecule has 0 spiro atoms. The molecule has 0 N–H and O–H groups in total. The molecule has 1 aliphatic rings. The van der Waals surface area contributed by atoms with Crippen molar-refractivity contribution >= 4 is 26.7 Å². The lowest BCUT2D eigenvalue weighted by atomic mass is 10.1. The van der Waals surface area contributed by atoms with Gasteiger partial charge in [0.05, 0.1) is 11.5 Å². The Labute approximate surface area is 164 Å². The number of carbonyl (C=O) groups is 1. The number of carbonyl (C=O) groups excluding carboxylic acids is 1. The van der Waals surface area contributed by atoms with Crippen molar-refractivity contribution in [1.82, 2.24) is 4.90 Å². The summed E-state index contributed by atoms with van der Waals surface area (Å²) in [6.45, 7) is 6.07. The van der Waals surface area contributed by atoms with E-state index in [4.69, 9.17) is 9.15 Å². The first-order valence-corrected chi connectivity index (χ1v) is 11.1. The average Bonchev–Trinajstić information content (AvgIpc) is 2.96. The minimum absolute atomic E-state index is 0.00582. The van der Waals surface area contributed by atoms with Crippen LogP contribution in [-0.2, 0) is 14.6 Å². The predicted molar refractivity (Wildman–Crippen MR) is 106 cm³/mol. The highest BCUT2D eigenvalue weighted by Gasteiger charge is 2.34. The third kappa shape index (κ3) is 4.73. The SMILES string of the molecule is Cc1cc(=O)oc2cc(OCC(=O)N(CC(C)C)[C@H]3CCS(=O)(=O)C3)ccc12. The molecular weight excluding hydrogens is 382 g/mol. The summed E-state index contributed by atoms with van der Waals surface area (Å²) in [5.74, 6) is 0.500. The van der Waals surface area contributed by atoms with Gasteiger partial charge in [-0.1, -0.05) is 13.8 Å². The van der Waals surface area contributed by atoms with Crippen LogP contribution in [0.2, 0.25) is 0 Å². The average molecular weight is 407 g/mol. The van der Waals surface area contributed by atoms with Crippen molar-refractivity contribution in [3.63, 3.8) is 0 Å². The normalized spacial score (nSPS) is 18.5. The van der Waals surface area contributed by atoms with Gasteiger partial charge in [-0.2, -0.15) is 0 Å². The van der Waals surface area contributed by atoms with E-state index in [2.05, 4.69) is 0 Å². The molecule has 1 saturated heterocycles. The second kappa shape index (κ2) is 7.95. The summed E-state index contributed by atoms with van der Waals surface area (Å²) in [5.41, 5.74) is 0.763. The molecule has 0 saturated carbocycles. The van der Waals surface area contributed by atoms with Gasteiger partial charge in [-0.15, -0.1) is 0 Å². The lowest BCUT2D eigenvalue weighted by molar-refractivity contribution is -0.135. The minimum atomic E-state index is -3.09. The van der Waals surface area contributed by atoms with Crippen LogP contribution in [0.15, 0.2) is 33.5 Å². The van der Waals surface area contributed by atoms with Crippen molar-refractivity contribution in [3.8, 4) is 5.75 Å². The monoisotopic (exact) mass is 407 g/mol. The molecule has 0 aliphatic carbocycles. The first kappa shape index (κ1) is 20.4. The molecule has 28 heavy (non-hydrogen) atoms. The molecule has 1 aromatic carbocycles. The second-order valence-electron chi connectivity index (χ2n) is 7.69. The molecule has 1 amide bonds. The van der Waals surface area contributed by atoms with Gasteiger partial charge in [-0.25, -0.2) is 13.2 Å². The molecule has 7 nitrogen and oxygen atoms in total. The van der Waals surface area contributed by atoms with Crippen LogP contribution in [0.5, 0.6) is 5.75 Å². The molecule has 152 valence electrons. The van der Waals surface area contributed by atoms with Crippen LogP contribution >= 0.6 is 0 Å². The smallest absolute Gasteiger partial charge is 0.336 e. The number of fused-ring (bicyclic) bond motifs is 1. The van der Waals surface area contributed by atoms with Gasteiger partial charge in [0.1, 0.15) is 11.3 Å². The van der Waals surface area contributed by atoms with Crippen molar-refractivity contribution < 1.29 is 22.4 Å². The summed E-state index contributed by atoms with van der Waals surface area (Å²) in [7, 11) is -3.09. The molecule has 0 unspecified atom stereocenters. The molecule has 8 heteroatoms. The Kier molecular flexibility index (Phi) is 5.79. The molecule has 1 atom stereocenters. The van der Waals surface area contributed by atoms with E-state index < -0.39 is 15.5 Å². The summed E-state index contributed by atoms with van der Waals surface area (Å²) in [4.78, 5) is 25.9. The molecule has 1 fully saturated rings. The zero-order valence-electron chi connectivity index (χ0n) is 16.3. The third-order valence-electron chi connectivity index (χ3n) is 4.82. The summed E-state index contributed by atoms with van der Waals surface area (Å²) in [6.07, 6.45) is 0.460. The van der Waals surface area contributed by atoms with E-state index in [1.807, 2.05) is 20.8 Å². The highest BCUT2D eigenvalue weighted by Crippen LogP contribution is 2.23. The quantitative estimate of drug-likeness (QED) is 0.681. The van der Waals surface area contributed by atoms with E-state index in [1.54, 1.807) is 23.1 Å². The third-order valence-corrected chi connectivity index (χ3v) is 6.57. The highest BCUT2D eigenvalue weighted by atomic mass is 32.2. The van der Waals surface area contributed by atoms with E-state index in [-0.39, 0.29) is 36.0 Å². The number of hydrogen-bond donors (Lipinski definition) is 0. The van der Waals surface area contributed by atoms with Crippen molar-refractivity contribution in [3.05, 3.63) is 40.2 Å². The topological polar surface area (TPSA) is 93.9 Å². The van der Waals surface area contributed by atoms with Crippen molar-refractivity contribution in [2.45, 2.75) is 33.2 Å². The molecule has 1 aliphatic heterocycles. The molecule has 2 heterocycles. The maximum Gasteiger partial charge on any atom is 0.336 e. The van der Waals surface area contributed by atoms with Crippen molar-refractivity contribution in [2.75, 3.05) is 24.7 Å². The molecular formula is C20H25NO6S. The Morgan fingerprint density at radius 1 is 1.32 bits per heavy atom. The standard InChI is InChI=1S/C20H25NO6S/c1-13(2)10-21(15-6-7-28(24,25)12-15)19(22)11-26-16-4-5-17-14(3)8-20(23)27-18(17)9-16/h4-5,8-9,13,15H,6-7,10-12H2,1-3H3/t15-/m0/s1. The lowest BCUT2D eigenvalue weighted by Crippen LogP contribution is -2.45. The van der Waals surface area contributed by atoms with Crippen LogP contribution in [0, 0.1) is 12.8 Å². The van der Waals surface area contributed by atoms with Gasteiger partial charge in [-0.3, -0.25) is 4.79 Å². The van der Waals surface area contributed by atoms with E-state index in [0.717, 1.165) is 10.9 Å². The fraction of sp³-hybridized carbons (Fsp3) is 0.500. The van der Waals surface area contributed by atoms with Gasteiger partial charge in [0.15, 0.2) is 16.4 Å². The first-order chi connectivity index (χ1) is 13.1. The van der Waals surface area contributed by atoms with Crippen molar-refractivity contribution in [1.29, 1.82) is 0 Å². The summed E-state index contributed by atoms with van der Waals surface area (Å²) < 4.78 is 34.4. The van der Waals surface area contributed by atoms with Gasteiger partial charge in [-0.05, 0) is 37.0 Å². The molecule has 2 aromatic rings. The molecule has 3 rings (SSSR count). The first-order valence-electron chi connectivity index (χ1n) is 9.32. The van der Waals surface area contributed by atoms with Crippen molar-refractivity contribution in [2.24, 2.45) is 5.92 Å². The fourth-order valence-electron chi connectivity index (χ4n) is 3.49. The molecule has 0 radical (unpaired) electrons. The van der Waals surface area contributed by atoms with Gasteiger partial charge in [0.2, 0.25) is 0 Å². The van der Waals surface area contributed by atoms with Gasteiger partial charge >= 0.3 is 5.63 Å². The van der Waals surface area contributed by atoms with Crippen LogP contribution in [0.3, 0.4) is 0 Å². The van der Waals surface area contributed by atoms with Crippen LogP contribution in [0.25, 0.3) is 11.0 Å². The number of sulfone groups is 1. The maximum absolute atomic E-state index is 12.8. The predicted octanol–water partition coefficient (Wildman–Crippen LogP) is 2.15. The number of aryl methyl sites for hydroxylation is 1. The molecule has 1 aromatic heterocycles. The van der Waals surface area contributed by atoms with Crippen LogP contribution in [0.4, 0.5) is 0 Å². The summed E-state index contributed by atoms with van der Waals surface area (Å²) in [5, 5.41) is 0.802. The zero-order valence-corrected chi connectivity index (χ0v) is 17.1. The van der Waals surface area contributed by atoms with E-state index in [0.29, 0.717) is 24.3 Å². The summed E-state index contributed by atoms with van der Waals surface area (Å²) >= 11 is 0. The van der Waals surface area contributed by atoms with Crippen LogP contribution in [0.1, 0.15) is 25.8 Å². The number of nitrogens with zero attached hydrogens (tertiary/aromatic N) is 1. The molecule has 0 bridgehead atoms. The fourth-order valence-corrected chi connectivity index (χ4v) is 5.22. The Bertz CT molecular complexity index is 1040. The van der Waals surface area contributed by atoms with Crippen LogP contribution in [-0.4, -0.2) is 49.9 Å². The van der Waals surface area contributed by atoms with E-state index in [1.165, 1.54) is 6.07 Å². The number of amides is 1. The second-order valence-corrected chi connectivity index (χ2v) is 9.92. The number of benzene rings is 1. The van der Waals surface area contributed by atoms with E-state index >= 15 is 0 Å². The Morgan fingerprint density at radius 2 is 2.07 bits per heavy atom. The Hall–Kier alpha value is -2.35. The lowest BCUT2D eigenvalue weighted by Gasteiger charge is -2.29. The van der Waals surface area contributed by atoms with Gasteiger partial charge in [0.25, 0.3) is 5.91 Å².